The zero-order chi connectivity index (χ0) is 14.3. The van der Waals surface area contributed by atoms with Gasteiger partial charge in [0.25, 0.3) is 0 Å². The summed E-state index contributed by atoms with van der Waals surface area (Å²) < 4.78 is 8.31. The lowest BCUT2D eigenvalue weighted by atomic mass is 10.2. The third-order valence-corrected chi connectivity index (χ3v) is 3.89. The molecule has 0 aliphatic carbocycles. The van der Waals surface area contributed by atoms with E-state index in [4.69, 9.17) is 40.5 Å². The Labute approximate surface area is 132 Å². The van der Waals surface area contributed by atoms with E-state index in [9.17, 15) is 0 Å². The molecule has 9 heteroatoms. The van der Waals surface area contributed by atoms with Crippen LogP contribution in [0.4, 0.5) is 28.6 Å². The van der Waals surface area contributed by atoms with Crippen molar-refractivity contribution in [2.45, 2.75) is 0 Å². The molecule has 3 rings (SSSR count). The number of nitrogens with one attached hydrogen (secondary N) is 1. The van der Waals surface area contributed by atoms with Crippen LogP contribution in [0.3, 0.4) is 0 Å². The number of aromatic nitrogens is 1. The minimum absolute atomic E-state index is 0.403. The van der Waals surface area contributed by atoms with E-state index >= 15 is 0 Å². The van der Waals surface area contributed by atoms with Gasteiger partial charge in [0.1, 0.15) is 11.4 Å². The van der Waals surface area contributed by atoms with Gasteiger partial charge in [0.2, 0.25) is 0 Å². The van der Waals surface area contributed by atoms with E-state index in [0.29, 0.717) is 43.6 Å². The SMILES string of the molecule is Nc1cc(Cl)cnc1Nc1c(Cl)cc(Cl)c2c1N=S=N2. The summed E-state index contributed by atoms with van der Waals surface area (Å²) in [6, 6.07) is 3.19. The minimum atomic E-state index is 0.403. The van der Waals surface area contributed by atoms with Crippen molar-refractivity contribution in [2.75, 3.05) is 11.1 Å². The topological polar surface area (TPSA) is 75.7 Å². The number of benzene rings is 1. The molecule has 2 aromatic rings. The maximum Gasteiger partial charge on any atom is 0.153 e. The van der Waals surface area contributed by atoms with Crippen LogP contribution in [0.2, 0.25) is 15.1 Å². The van der Waals surface area contributed by atoms with Crippen molar-refractivity contribution in [1.82, 2.24) is 4.98 Å². The molecule has 1 aromatic carbocycles. The Balaban J connectivity index is 2.08. The van der Waals surface area contributed by atoms with Gasteiger partial charge in [-0.05, 0) is 12.1 Å². The number of hydrogen-bond donors (Lipinski definition) is 2. The number of nitrogens with two attached hydrogens (primary N) is 1. The molecule has 3 N–H and O–H groups in total. The third kappa shape index (κ3) is 2.35. The van der Waals surface area contributed by atoms with Crippen LogP contribution in [-0.4, -0.2) is 4.98 Å². The smallest absolute Gasteiger partial charge is 0.153 e. The lowest BCUT2D eigenvalue weighted by molar-refractivity contribution is 1.31. The molecule has 1 aliphatic rings. The Morgan fingerprint density at radius 3 is 2.55 bits per heavy atom. The number of fused-ring (bicyclic) bond motifs is 1. The second-order valence-corrected chi connectivity index (χ2v) is 5.67. The summed E-state index contributed by atoms with van der Waals surface area (Å²) >= 11 is 19.1. The highest BCUT2D eigenvalue weighted by molar-refractivity contribution is 7.58. The van der Waals surface area contributed by atoms with Gasteiger partial charge in [-0.15, -0.1) is 0 Å². The van der Waals surface area contributed by atoms with E-state index in [0.717, 1.165) is 11.4 Å². The highest BCUT2D eigenvalue weighted by Gasteiger charge is 2.19. The lowest BCUT2D eigenvalue weighted by Gasteiger charge is -2.12. The van der Waals surface area contributed by atoms with Gasteiger partial charge in [-0.25, -0.2) is 4.98 Å². The minimum Gasteiger partial charge on any atom is -0.396 e. The molecule has 0 bridgehead atoms. The number of anilines is 3. The fraction of sp³-hybridized carbons (Fsp3) is 0. The second-order valence-electron chi connectivity index (χ2n) is 3.89. The standard InChI is InChI=1S/C11H6Cl3N5S/c12-4-1-7(15)11(16-3-4)17-8-5(13)2-6(14)9-10(8)19-20-18-9/h1-3H,15H2,(H,16,17). The van der Waals surface area contributed by atoms with Gasteiger partial charge >= 0.3 is 0 Å². The van der Waals surface area contributed by atoms with Crippen molar-refractivity contribution in [3.8, 4) is 0 Å². The molecule has 0 spiro atoms. The number of nitrogen functional groups attached to an aromatic ring is 1. The maximum absolute atomic E-state index is 6.19. The fourth-order valence-electron chi connectivity index (χ4n) is 1.67. The zero-order valence-electron chi connectivity index (χ0n) is 9.69. The molecule has 0 radical (unpaired) electrons. The van der Waals surface area contributed by atoms with Crippen molar-refractivity contribution in [3.63, 3.8) is 0 Å². The van der Waals surface area contributed by atoms with Crippen LogP contribution in [0.25, 0.3) is 0 Å². The van der Waals surface area contributed by atoms with Crippen LogP contribution in [0.15, 0.2) is 27.1 Å². The first-order valence-electron chi connectivity index (χ1n) is 5.34. The highest BCUT2D eigenvalue weighted by Crippen LogP contribution is 2.48. The van der Waals surface area contributed by atoms with Crippen LogP contribution in [-0.2, 0) is 11.4 Å². The number of hydrogen-bond acceptors (Lipinski definition) is 5. The lowest BCUT2D eigenvalue weighted by Crippen LogP contribution is -1.99. The second kappa shape index (κ2) is 5.21. The van der Waals surface area contributed by atoms with Gasteiger partial charge in [0.15, 0.2) is 5.82 Å². The first-order valence-corrected chi connectivity index (χ1v) is 7.21. The van der Waals surface area contributed by atoms with Gasteiger partial charge in [-0.3, -0.25) is 0 Å². The Morgan fingerprint density at radius 1 is 1.05 bits per heavy atom. The van der Waals surface area contributed by atoms with Crippen molar-refractivity contribution < 1.29 is 0 Å². The summed E-state index contributed by atoms with van der Waals surface area (Å²) in [7, 11) is 0. The van der Waals surface area contributed by atoms with E-state index in [-0.39, 0.29) is 0 Å². The molecule has 5 nitrogen and oxygen atoms in total. The average molecular weight is 347 g/mol. The van der Waals surface area contributed by atoms with Gasteiger partial charge < -0.3 is 11.1 Å². The summed E-state index contributed by atoms with van der Waals surface area (Å²) in [5.41, 5.74) is 7.97. The molecule has 1 aromatic heterocycles. The van der Waals surface area contributed by atoms with Crippen LogP contribution in [0.1, 0.15) is 0 Å². The summed E-state index contributed by atoms with van der Waals surface area (Å²) in [6.07, 6.45) is 1.49. The Kier molecular flexibility index (Phi) is 3.55. The number of nitrogens with zero attached hydrogens (tertiary/aromatic N) is 3. The van der Waals surface area contributed by atoms with Crippen molar-refractivity contribution in [2.24, 2.45) is 8.73 Å². The molecule has 0 amide bonds. The third-order valence-electron chi connectivity index (χ3n) is 2.57. The molecular formula is C11H6Cl3N5S. The molecule has 0 fully saturated rings. The van der Waals surface area contributed by atoms with E-state index in [2.05, 4.69) is 19.0 Å². The normalized spacial score (nSPS) is 12.2. The number of pyridine rings is 1. The summed E-state index contributed by atoms with van der Waals surface area (Å²) in [5, 5.41) is 4.35. The molecule has 0 unspecified atom stereocenters. The van der Waals surface area contributed by atoms with Gasteiger partial charge in [0, 0.05) is 6.20 Å². The van der Waals surface area contributed by atoms with Gasteiger partial charge in [-0.2, -0.15) is 8.73 Å². The number of rotatable bonds is 2. The number of halogens is 3. The van der Waals surface area contributed by atoms with Crippen molar-refractivity contribution in [3.05, 3.63) is 33.4 Å². The first-order chi connectivity index (χ1) is 9.56. The molecular weight excluding hydrogens is 341 g/mol. The predicted octanol–water partition coefficient (Wildman–Crippen LogP) is 5.09. The molecule has 0 atom stereocenters. The monoisotopic (exact) mass is 345 g/mol. The molecule has 20 heavy (non-hydrogen) atoms. The summed E-state index contributed by atoms with van der Waals surface area (Å²) in [5.74, 6) is 0.438. The van der Waals surface area contributed by atoms with Crippen LogP contribution in [0, 0.1) is 0 Å². The van der Waals surface area contributed by atoms with Gasteiger partial charge in [0.05, 0.1) is 37.8 Å². The molecule has 1 aliphatic heterocycles. The fourth-order valence-corrected chi connectivity index (χ4v) is 3.00. The van der Waals surface area contributed by atoms with E-state index in [1.165, 1.54) is 6.20 Å². The molecule has 0 saturated heterocycles. The quantitative estimate of drug-likeness (QED) is 0.678. The van der Waals surface area contributed by atoms with E-state index in [1.807, 2.05) is 0 Å². The average Bonchev–Trinajstić information content (AvgIpc) is 2.86. The Bertz CT molecular complexity index is 786. The Morgan fingerprint density at radius 2 is 1.80 bits per heavy atom. The molecule has 102 valence electrons. The van der Waals surface area contributed by atoms with Crippen molar-refractivity contribution in [1.29, 1.82) is 0 Å². The Hall–Kier alpha value is -1.34. The van der Waals surface area contributed by atoms with Crippen LogP contribution >= 0.6 is 34.8 Å². The maximum atomic E-state index is 6.19. The molecule has 0 saturated carbocycles. The summed E-state index contributed by atoms with van der Waals surface area (Å²) in [6.45, 7) is 0. The molecule has 2 heterocycles. The van der Waals surface area contributed by atoms with E-state index in [1.54, 1.807) is 12.1 Å². The highest BCUT2D eigenvalue weighted by atomic mass is 35.5. The zero-order valence-corrected chi connectivity index (χ0v) is 12.8. The van der Waals surface area contributed by atoms with Crippen molar-refractivity contribution >= 4 is 74.7 Å². The van der Waals surface area contributed by atoms with Crippen LogP contribution < -0.4 is 11.1 Å². The summed E-state index contributed by atoms with van der Waals surface area (Å²) in [4.78, 5) is 4.12. The van der Waals surface area contributed by atoms with Crippen LogP contribution in [0.5, 0.6) is 0 Å². The first kappa shape index (κ1) is 13.6. The largest absolute Gasteiger partial charge is 0.396 e. The predicted molar refractivity (Wildman–Crippen MR) is 84.9 cm³/mol. The van der Waals surface area contributed by atoms with E-state index < -0.39 is 0 Å². The van der Waals surface area contributed by atoms with Gasteiger partial charge in [-0.1, -0.05) is 34.8 Å².